The molecule has 39 heavy (non-hydrogen) atoms. The molecular weight excluding hydrogens is 496 g/mol. The van der Waals surface area contributed by atoms with E-state index in [4.69, 9.17) is 4.98 Å². The summed E-state index contributed by atoms with van der Waals surface area (Å²) in [6.45, 7) is 6.49. The lowest BCUT2D eigenvalue weighted by Crippen LogP contribution is -2.24. The number of allylic oxidation sites excluding steroid dienone is 2. The minimum Gasteiger partial charge on any atom is -0.357 e. The first-order valence-electron chi connectivity index (χ1n) is 12.7. The molecule has 1 saturated heterocycles. The lowest BCUT2D eigenvalue weighted by molar-refractivity contribution is 0.0115. The summed E-state index contributed by atoms with van der Waals surface area (Å²) in [7, 11) is 0. The zero-order valence-corrected chi connectivity index (χ0v) is 21.5. The Hall–Kier alpha value is -4.50. The fourth-order valence-corrected chi connectivity index (χ4v) is 5.11. The molecule has 0 unspecified atom stereocenters. The fourth-order valence-electron chi connectivity index (χ4n) is 5.11. The number of rotatable bonds is 7. The number of nitrogens with one attached hydrogen (secondary N) is 2. The maximum Gasteiger partial charge on any atom is 0.261 e. The van der Waals surface area contributed by atoms with Crippen molar-refractivity contribution in [3.8, 4) is 22.6 Å². The first-order chi connectivity index (χ1) is 18.9. The van der Waals surface area contributed by atoms with Gasteiger partial charge in [0.25, 0.3) is 5.92 Å². The molecule has 1 aliphatic heterocycles. The zero-order chi connectivity index (χ0) is 27.0. The van der Waals surface area contributed by atoms with Crippen molar-refractivity contribution in [2.24, 2.45) is 0 Å². The van der Waals surface area contributed by atoms with E-state index in [9.17, 15) is 8.78 Å². The lowest BCUT2D eigenvalue weighted by Gasteiger charge is -2.15. The van der Waals surface area contributed by atoms with Crippen LogP contribution in [-0.4, -0.2) is 54.0 Å². The smallest absolute Gasteiger partial charge is 0.261 e. The first-order valence-corrected chi connectivity index (χ1v) is 12.7. The molecule has 6 heterocycles. The number of halogens is 2. The van der Waals surface area contributed by atoms with Crippen molar-refractivity contribution in [2.45, 2.75) is 25.8 Å². The van der Waals surface area contributed by atoms with Gasteiger partial charge in [0.2, 0.25) is 0 Å². The van der Waals surface area contributed by atoms with Gasteiger partial charge in [-0.15, -0.1) is 0 Å². The van der Waals surface area contributed by atoms with Gasteiger partial charge in [0.05, 0.1) is 23.4 Å². The predicted octanol–water partition coefficient (Wildman–Crippen LogP) is 6.18. The maximum atomic E-state index is 13.6. The zero-order valence-electron chi connectivity index (χ0n) is 21.5. The molecule has 0 bridgehead atoms. The summed E-state index contributed by atoms with van der Waals surface area (Å²) in [5.41, 5.74) is 9.50. The van der Waals surface area contributed by atoms with Crippen LogP contribution < -0.4 is 0 Å². The van der Waals surface area contributed by atoms with Gasteiger partial charge in [-0.1, -0.05) is 24.8 Å². The molecule has 0 spiro atoms. The largest absolute Gasteiger partial charge is 0.357 e. The molecule has 2 N–H and O–H groups in total. The van der Waals surface area contributed by atoms with Crippen LogP contribution in [0.1, 0.15) is 28.8 Å². The number of aromatic amines is 2. The molecular formula is C30H27F2N7. The third-order valence-electron chi connectivity index (χ3n) is 6.97. The van der Waals surface area contributed by atoms with E-state index >= 15 is 0 Å². The van der Waals surface area contributed by atoms with Gasteiger partial charge in [-0.3, -0.25) is 20.0 Å². The van der Waals surface area contributed by atoms with Gasteiger partial charge in [0.1, 0.15) is 11.2 Å². The quantitative estimate of drug-likeness (QED) is 0.249. The van der Waals surface area contributed by atoms with Crippen LogP contribution in [0, 0.1) is 6.92 Å². The van der Waals surface area contributed by atoms with Crippen molar-refractivity contribution in [1.29, 1.82) is 0 Å². The van der Waals surface area contributed by atoms with Gasteiger partial charge < -0.3 is 4.98 Å². The number of aromatic nitrogens is 6. The van der Waals surface area contributed by atoms with Crippen LogP contribution in [0.3, 0.4) is 0 Å². The number of hydrogen-bond donors (Lipinski definition) is 2. The van der Waals surface area contributed by atoms with Crippen LogP contribution >= 0.6 is 0 Å². The highest BCUT2D eigenvalue weighted by atomic mass is 19.3. The third kappa shape index (κ3) is 5.00. The maximum absolute atomic E-state index is 13.6. The molecule has 0 aliphatic carbocycles. The average molecular weight is 524 g/mol. The van der Waals surface area contributed by atoms with Gasteiger partial charge in [0.15, 0.2) is 0 Å². The SMILES string of the molecule is C=C/C=C(/c1cccnc1)c1cc(-c2n[nH]c3ccc(-c4cncc(CN5CCC(F)(F)C5)c4)nc23)[nH]c1C. The molecule has 6 rings (SSSR count). The van der Waals surface area contributed by atoms with Crippen LogP contribution in [0.2, 0.25) is 0 Å². The molecule has 0 radical (unpaired) electrons. The molecule has 1 fully saturated rings. The van der Waals surface area contributed by atoms with Gasteiger partial charge in [-0.2, -0.15) is 5.10 Å². The molecule has 5 aromatic rings. The Kier molecular flexibility index (Phi) is 6.36. The monoisotopic (exact) mass is 523 g/mol. The number of hydrogen-bond acceptors (Lipinski definition) is 5. The van der Waals surface area contributed by atoms with E-state index in [0.29, 0.717) is 18.8 Å². The molecule has 0 amide bonds. The minimum atomic E-state index is -2.62. The number of aryl methyl sites for hydroxylation is 1. The van der Waals surface area contributed by atoms with Gasteiger partial charge >= 0.3 is 0 Å². The molecule has 9 heteroatoms. The molecule has 0 atom stereocenters. The van der Waals surface area contributed by atoms with Crippen LogP contribution in [0.25, 0.3) is 39.3 Å². The summed E-state index contributed by atoms with van der Waals surface area (Å²) in [5.74, 6) is -2.62. The fraction of sp³-hybridized carbons (Fsp3) is 0.200. The number of likely N-dealkylation sites (tertiary alicyclic amines) is 1. The summed E-state index contributed by atoms with van der Waals surface area (Å²) in [6.07, 6.45) is 10.7. The first kappa shape index (κ1) is 24.8. The highest BCUT2D eigenvalue weighted by Crippen LogP contribution is 2.33. The van der Waals surface area contributed by atoms with Gasteiger partial charge in [-0.05, 0) is 48.4 Å². The van der Waals surface area contributed by atoms with E-state index < -0.39 is 5.92 Å². The van der Waals surface area contributed by atoms with E-state index in [1.54, 1.807) is 29.6 Å². The molecule has 5 aromatic heterocycles. The van der Waals surface area contributed by atoms with E-state index in [-0.39, 0.29) is 13.0 Å². The number of pyridine rings is 3. The topological polar surface area (TPSA) is 86.4 Å². The predicted molar refractivity (Wildman–Crippen MR) is 148 cm³/mol. The van der Waals surface area contributed by atoms with E-state index in [1.165, 1.54) is 0 Å². The Bertz CT molecular complexity index is 1680. The standard InChI is InChI=1S/C30H27F2N7/c1-3-5-23(21-6-4-10-33-15-21)24-13-27(35-19(24)2)29-28-26(37-38-29)8-7-25(36-28)22-12-20(14-34-16-22)17-39-11-9-30(31,32)18-39/h3-8,10,12-16,35H,1,9,11,17-18H2,2H3,(H,37,38)/b23-5-. The van der Waals surface area contributed by atoms with Crippen molar-refractivity contribution in [1.82, 2.24) is 35.0 Å². The Morgan fingerprint density at radius 1 is 1.15 bits per heavy atom. The number of alkyl halides is 2. The number of nitrogens with zero attached hydrogens (tertiary/aromatic N) is 5. The summed E-state index contributed by atoms with van der Waals surface area (Å²) in [4.78, 5) is 18.8. The highest BCUT2D eigenvalue weighted by Gasteiger charge is 2.37. The number of fused-ring (bicyclic) bond motifs is 1. The van der Waals surface area contributed by atoms with Crippen LogP contribution in [0.4, 0.5) is 8.78 Å². The summed E-state index contributed by atoms with van der Waals surface area (Å²) in [5, 5.41) is 7.65. The van der Waals surface area contributed by atoms with E-state index in [1.807, 2.05) is 49.5 Å². The number of H-pyrrole nitrogens is 2. The van der Waals surface area contributed by atoms with Crippen LogP contribution in [0.5, 0.6) is 0 Å². The molecule has 0 aromatic carbocycles. The van der Waals surface area contributed by atoms with E-state index in [0.717, 1.165) is 55.9 Å². The lowest BCUT2D eigenvalue weighted by atomic mass is 9.99. The Labute approximate surface area is 224 Å². The van der Waals surface area contributed by atoms with Crippen molar-refractivity contribution < 1.29 is 8.78 Å². The molecule has 1 aliphatic rings. The van der Waals surface area contributed by atoms with Crippen LogP contribution in [-0.2, 0) is 6.54 Å². The molecule has 7 nitrogen and oxygen atoms in total. The second kappa shape index (κ2) is 9.99. The highest BCUT2D eigenvalue weighted by molar-refractivity contribution is 5.92. The second-order valence-electron chi connectivity index (χ2n) is 9.84. The summed E-state index contributed by atoms with van der Waals surface area (Å²) in [6, 6.07) is 11.8. The van der Waals surface area contributed by atoms with Gasteiger partial charge in [0, 0.05) is 66.7 Å². The van der Waals surface area contributed by atoms with Crippen molar-refractivity contribution in [3.63, 3.8) is 0 Å². The summed E-state index contributed by atoms with van der Waals surface area (Å²) >= 11 is 0. The van der Waals surface area contributed by atoms with Crippen LogP contribution in [0.15, 0.2) is 79.9 Å². The molecule has 196 valence electrons. The molecule has 0 saturated carbocycles. The van der Waals surface area contributed by atoms with Crippen molar-refractivity contribution >= 4 is 16.6 Å². The Morgan fingerprint density at radius 2 is 2.05 bits per heavy atom. The third-order valence-corrected chi connectivity index (χ3v) is 6.97. The second-order valence-corrected chi connectivity index (χ2v) is 9.84. The van der Waals surface area contributed by atoms with Crippen molar-refractivity contribution in [3.05, 3.63) is 102 Å². The normalized spacial score (nSPS) is 15.7. The summed E-state index contributed by atoms with van der Waals surface area (Å²) < 4.78 is 27.3. The minimum absolute atomic E-state index is 0.103. The van der Waals surface area contributed by atoms with Crippen molar-refractivity contribution in [2.75, 3.05) is 13.1 Å². The van der Waals surface area contributed by atoms with Gasteiger partial charge in [-0.25, -0.2) is 13.8 Å². The van der Waals surface area contributed by atoms with E-state index in [2.05, 4.69) is 37.8 Å². The Morgan fingerprint density at radius 3 is 2.82 bits per heavy atom. The Balaban J connectivity index is 1.33. The average Bonchev–Trinajstić information content (AvgIpc) is 3.63.